The van der Waals surface area contributed by atoms with Gasteiger partial charge in [-0.25, -0.2) is 0 Å². The quantitative estimate of drug-likeness (QED) is 0.0676. The van der Waals surface area contributed by atoms with E-state index >= 15 is 0 Å². The van der Waals surface area contributed by atoms with E-state index in [0.29, 0.717) is 12.8 Å². The monoisotopic (exact) mass is 523 g/mol. The lowest BCUT2D eigenvalue weighted by Crippen LogP contribution is -2.45. The first-order valence-corrected chi connectivity index (χ1v) is 16.4. The molecule has 220 valence electrons. The topological polar surface area (TPSA) is 69.6 Å². The van der Waals surface area contributed by atoms with Crippen molar-refractivity contribution in [2.45, 2.75) is 187 Å². The van der Waals surface area contributed by atoms with Gasteiger partial charge in [0.25, 0.3) is 0 Å². The summed E-state index contributed by atoms with van der Waals surface area (Å²) in [6.07, 6.45) is 34.1. The molecular formula is C33H65NO3. The third-order valence-electron chi connectivity index (χ3n) is 7.53. The number of hydrogen-bond acceptors (Lipinski definition) is 3. The van der Waals surface area contributed by atoms with Crippen LogP contribution < -0.4 is 5.32 Å². The number of hydrogen-bond donors (Lipinski definition) is 3. The number of carbonyl (C=O) groups excluding carboxylic acids is 1. The molecule has 2 atom stereocenters. The van der Waals surface area contributed by atoms with Gasteiger partial charge in [-0.3, -0.25) is 4.79 Å². The third kappa shape index (κ3) is 26.5. The van der Waals surface area contributed by atoms with Crippen molar-refractivity contribution in [1.82, 2.24) is 5.32 Å². The number of allylic oxidation sites excluding steroid dienone is 2. The second-order valence-corrected chi connectivity index (χ2v) is 11.2. The first-order valence-electron chi connectivity index (χ1n) is 16.4. The van der Waals surface area contributed by atoms with Crippen molar-refractivity contribution in [3.05, 3.63) is 12.2 Å². The van der Waals surface area contributed by atoms with Crippen molar-refractivity contribution < 1.29 is 15.0 Å². The smallest absolute Gasteiger partial charge is 0.220 e. The van der Waals surface area contributed by atoms with Gasteiger partial charge in [0.15, 0.2) is 0 Å². The molecule has 4 heteroatoms. The summed E-state index contributed by atoms with van der Waals surface area (Å²) in [5, 5.41) is 22.9. The molecule has 0 aromatic rings. The number of aliphatic hydroxyl groups excluding tert-OH is 2. The largest absolute Gasteiger partial charge is 0.394 e. The predicted octanol–water partition coefficient (Wildman–Crippen LogP) is 9.17. The summed E-state index contributed by atoms with van der Waals surface area (Å²) in [7, 11) is 0. The standard InChI is InChI=1S/C33H65NO3/c1-3-5-7-9-11-13-14-15-16-17-18-19-21-22-24-26-28-32(36)31(30-35)34-33(37)29-27-25-23-20-12-10-8-6-4-2/h20,23,31-32,35-36H,3-19,21-22,24-30H2,1-2H3,(H,34,37)/b23-20-. The zero-order valence-corrected chi connectivity index (χ0v) is 25.0. The zero-order valence-electron chi connectivity index (χ0n) is 25.0. The van der Waals surface area contributed by atoms with Gasteiger partial charge < -0.3 is 15.5 Å². The van der Waals surface area contributed by atoms with Crippen molar-refractivity contribution in [1.29, 1.82) is 0 Å². The second kappa shape index (κ2) is 29.7. The molecule has 0 spiro atoms. The molecule has 2 unspecified atom stereocenters. The van der Waals surface area contributed by atoms with Crippen LogP contribution in [0.3, 0.4) is 0 Å². The summed E-state index contributed by atoms with van der Waals surface area (Å²) in [6, 6.07) is -0.544. The molecule has 0 bridgehead atoms. The molecule has 0 saturated carbocycles. The average molecular weight is 524 g/mol. The maximum Gasteiger partial charge on any atom is 0.220 e. The number of unbranched alkanes of at least 4 members (excludes halogenated alkanes) is 20. The zero-order chi connectivity index (χ0) is 27.2. The summed E-state index contributed by atoms with van der Waals surface area (Å²) < 4.78 is 0. The predicted molar refractivity (Wildman–Crippen MR) is 161 cm³/mol. The summed E-state index contributed by atoms with van der Waals surface area (Å²) in [5.74, 6) is -0.0681. The first-order chi connectivity index (χ1) is 18.2. The minimum absolute atomic E-state index is 0.0681. The van der Waals surface area contributed by atoms with Crippen LogP contribution in [0.4, 0.5) is 0 Å². The van der Waals surface area contributed by atoms with E-state index in [4.69, 9.17) is 0 Å². The Hall–Kier alpha value is -0.870. The number of amides is 1. The average Bonchev–Trinajstić information content (AvgIpc) is 2.90. The van der Waals surface area contributed by atoms with Gasteiger partial charge >= 0.3 is 0 Å². The molecule has 0 rings (SSSR count). The van der Waals surface area contributed by atoms with Gasteiger partial charge in [-0.2, -0.15) is 0 Å². The van der Waals surface area contributed by atoms with Crippen LogP contribution in [-0.4, -0.2) is 34.9 Å². The van der Waals surface area contributed by atoms with Gasteiger partial charge in [-0.1, -0.05) is 148 Å². The van der Waals surface area contributed by atoms with Crippen LogP contribution in [0.25, 0.3) is 0 Å². The number of rotatable bonds is 29. The number of aliphatic hydroxyl groups is 2. The Labute approximate surface area is 231 Å². The molecule has 0 radical (unpaired) electrons. The van der Waals surface area contributed by atoms with E-state index in [1.165, 1.54) is 116 Å². The Bertz CT molecular complexity index is 494. The highest BCUT2D eigenvalue weighted by Gasteiger charge is 2.19. The van der Waals surface area contributed by atoms with Crippen LogP contribution in [-0.2, 0) is 4.79 Å². The van der Waals surface area contributed by atoms with Crippen LogP contribution in [0.5, 0.6) is 0 Å². The molecular weight excluding hydrogens is 458 g/mol. The Morgan fingerprint density at radius 2 is 1.03 bits per heavy atom. The molecule has 0 heterocycles. The first kappa shape index (κ1) is 36.1. The minimum atomic E-state index is -0.663. The van der Waals surface area contributed by atoms with E-state index in [1.807, 2.05) is 0 Å². The molecule has 0 aromatic carbocycles. The molecule has 0 aliphatic rings. The molecule has 0 aliphatic heterocycles. The molecule has 0 saturated heterocycles. The van der Waals surface area contributed by atoms with E-state index in [9.17, 15) is 15.0 Å². The fraction of sp³-hybridized carbons (Fsp3) is 0.909. The van der Waals surface area contributed by atoms with Crippen LogP contribution in [0, 0.1) is 0 Å². The summed E-state index contributed by atoms with van der Waals surface area (Å²) in [6.45, 7) is 4.30. The fourth-order valence-corrected chi connectivity index (χ4v) is 4.95. The van der Waals surface area contributed by atoms with E-state index in [1.54, 1.807) is 0 Å². The second-order valence-electron chi connectivity index (χ2n) is 11.2. The molecule has 0 aliphatic carbocycles. The fourth-order valence-electron chi connectivity index (χ4n) is 4.95. The van der Waals surface area contributed by atoms with Crippen molar-refractivity contribution >= 4 is 5.91 Å². The lowest BCUT2D eigenvalue weighted by molar-refractivity contribution is -0.123. The van der Waals surface area contributed by atoms with Gasteiger partial charge in [0, 0.05) is 6.42 Å². The van der Waals surface area contributed by atoms with E-state index in [2.05, 4.69) is 31.3 Å². The highest BCUT2D eigenvalue weighted by Crippen LogP contribution is 2.15. The van der Waals surface area contributed by atoms with Gasteiger partial charge in [-0.05, 0) is 32.1 Å². The Morgan fingerprint density at radius 3 is 1.49 bits per heavy atom. The minimum Gasteiger partial charge on any atom is -0.394 e. The van der Waals surface area contributed by atoms with E-state index in [0.717, 1.165) is 32.1 Å². The SMILES string of the molecule is CCCCCC/C=C\CCCC(=O)NC(CO)C(O)CCCCCCCCCCCCCCCCCC. The van der Waals surface area contributed by atoms with Gasteiger partial charge in [-0.15, -0.1) is 0 Å². The van der Waals surface area contributed by atoms with Crippen molar-refractivity contribution in [3.8, 4) is 0 Å². The Kier molecular flexibility index (Phi) is 29.0. The molecule has 0 aromatic heterocycles. The van der Waals surface area contributed by atoms with Crippen molar-refractivity contribution in [3.63, 3.8) is 0 Å². The summed E-state index contributed by atoms with van der Waals surface area (Å²) in [5.41, 5.74) is 0. The Balaban J connectivity index is 3.57. The van der Waals surface area contributed by atoms with E-state index in [-0.39, 0.29) is 12.5 Å². The van der Waals surface area contributed by atoms with Crippen LogP contribution >= 0.6 is 0 Å². The van der Waals surface area contributed by atoms with Crippen molar-refractivity contribution in [2.75, 3.05) is 6.61 Å². The van der Waals surface area contributed by atoms with E-state index < -0.39 is 12.1 Å². The summed E-state index contributed by atoms with van der Waals surface area (Å²) >= 11 is 0. The molecule has 4 nitrogen and oxygen atoms in total. The maximum absolute atomic E-state index is 12.2. The van der Waals surface area contributed by atoms with Crippen molar-refractivity contribution in [2.24, 2.45) is 0 Å². The van der Waals surface area contributed by atoms with Gasteiger partial charge in [0.1, 0.15) is 0 Å². The van der Waals surface area contributed by atoms with Gasteiger partial charge in [0.05, 0.1) is 18.8 Å². The summed E-state index contributed by atoms with van der Waals surface area (Å²) in [4.78, 5) is 12.2. The highest BCUT2D eigenvalue weighted by atomic mass is 16.3. The normalized spacial score (nSPS) is 13.3. The van der Waals surface area contributed by atoms with Crippen LogP contribution in [0.2, 0.25) is 0 Å². The third-order valence-corrected chi connectivity index (χ3v) is 7.53. The highest BCUT2D eigenvalue weighted by molar-refractivity contribution is 5.76. The lowest BCUT2D eigenvalue weighted by Gasteiger charge is -2.22. The van der Waals surface area contributed by atoms with Crippen LogP contribution in [0.15, 0.2) is 12.2 Å². The molecule has 3 N–H and O–H groups in total. The molecule has 1 amide bonds. The Morgan fingerprint density at radius 1 is 0.622 bits per heavy atom. The lowest BCUT2D eigenvalue weighted by atomic mass is 10.0. The molecule has 37 heavy (non-hydrogen) atoms. The maximum atomic E-state index is 12.2. The van der Waals surface area contributed by atoms with Crippen LogP contribution in [0.1, 0.15) is 174 Å². The molecule has 0 fully saturated rings. The van der Waals surface area contributed by atoms with Gasteiger partial charge in [0.2, 0.25) is 5.91 Å². The number of carbonyl (C=O) groups is 1. The number of nitrogens with one attached hydrogen (secondary N) is 1.